The van der Waals surface area contributed by atoms with Gasteiger partial charge in [0.15, 0.2) is 9.84 Å². The highest BCUT2D eigenvalue weighted by molar-refractivity contribution is 7.91. The van der Waals surface area contributed by atoms with Gasteiger partial charge in [-0.2, -0.15) is 0 Å². The fourth-order valence-electron chi connectivity index (χ4n) is 2.10. The number of carbonyl (C=O) groups excluding carboxylic acids is 1. The molecule has 0 aromatic heterocycles. The first-order chi connectivity index (χ1) is 8.39. The van der Waals surface area contributed by atoms with Crippen LogP contribution >= 0.6 is 0 Å². The molecule has 0 aliphatic carbocycles. The molecule has 1 unspecified atom stereocenters. The van der Waals surface area contributed by atoms with Crippen LogP contribution in [0, 0.1) is 5.92 Å². The molecular weight excluding hydrogens is 252 g/mol. The van der Waals surface area contributed by atoms with Crippen molar-refractivity contribution >= 4 is 15.7 Å². The second kappa shape index (κ2) is 7.09. The van der Waals surface area contributed by atoms with E-state index in [-0.39, 0.29) is 29.8 Å². The number of rotatable bonds is 7. The monoisotopic (exact) mass is 276 g/mol. The molecule has 0 radical (unpaired) electrons. The molecule has 0 bridgehead atoms. The van der Waals surface area contributed by atoms with E-state index in [9.17, 15) is 13.2 Å². The third-order valence-corrected chi connectivity index (χ3v) is 4.94. The molecule has 1 aliphatic heterocycles. The first-order valence-corrected chi connectivity index (χ1v) is 8.41. The van der Waals surface area contributed by atoms with Crippen LogP contribution < -0.4 is 10.6 Å². The highest BCUT2D eigenvalue weighted by Gasteiger charge is 2.17. The summed E-state index contributed by atoms with van der Waals surface area (Å²) in [5, 5.41) is 6.06. The van der Waals surface area contributed by atoms with E-state index in [0.29, 0.717) is 12.6 Å². The van der Waals surface area contributed by atoms with Gasteiger partial charge in [0.1, 0.15) is 0 Å². The Kier molecular flexibility index (Phi) is 6.08. The highest BCUT2D eigenvalue weighted by Crippen LogP contribution is 2.04. The zero-order chi connectivity index (χ0) is 13.6. The molecular formula is C12H24N2O3S. The second-order valence-corrected chi connectivity index (χ2v) is 7.58. The fourth-order valence-corrected chi connectivity index (χ4v) is 3.77. The van der Waals surface area contributed by atoms with E-state index in [1.54, 1.807) is 0 Å². The van der Waals surface area contributed by atoms with E-state index in [4.69, 9.17) is 0 Å². The number of carbonyl (C=O) groups is 1. The Hall–Kier alpha value is -0.620. The van der Waals surface area contributed by atoms with Crippen molar-refractivity contribution in [3.63, 3.8) is 0 Å². The van der Waals surface area contributed by atoms with E-state index in [0.717, 1.165) is 19.4 Å². The minimum absolute atomic E-state index is 0.0465. The first-order valence-electron chi connectivity index (χ1n) is 6.59. The van der Waals surface area contributed by atoms with Crippen LogP contribution in [0.2, 0.25) is 0 Å². The highest BCUT2D eigenvalue weighted by atomic mass is 32.2. The maximum Gasteiger partial charge on any atom is 0.221 e. The standard InChI is InChI=1S/C12H24N2O3S/c1-10(2)9-18(16,17)7-5-12(15)14-8-11-4-3-6-13-11/h10-11,13H,3-9H2,1-2H3,(H,14,15). The molecule has 0 aromatic carbocycles. The van der Waals surface area contributed by atoms with E-state index in [1.807, 2.05) is 13.8 Å². The molecule has 106 valence electrons. The van der Waals surface area contributed by atoms with Gasteiger partial charge < -0.3 is 10.6 Å². The number of amides is 1. The minimum atomic E-state index is -3.09. The first kappa shape index (κ1) is 15.4. The van der Waals surface area contributed by atoms with Gasteiger partial charge in [-0.05, 0) is 25.3 Å². The van der Waals surface area contributed by atoms with Crippen LogP contribution in [0.15, 0.2) is 0 Å². The van der Waals surface area contributed by atoms with Gasteiger partial charge in [-0.25, -0.2) is 8.42 Å². The Labute approximate surface area is 110 Å². The molecule has 0 saturated carbocycles. The summed E-state index contributed by atoms with van der Waals surface area (Å²) >= 11 is 0. The smallest absolute Gasteiger partial charge is 0.221 e. The van der Waals surface area contributed by atoms with Crippen molar-refractivity contribution in [2.45, 2.75) is 39.2 Å². The topological polar surface area (TPSA) is 75.3 Å². The molecule has 1 amide bonds. The van der Waals surface area contributed by atoms with Crippen LogP contribution in [0.3, 0.4) is 0 Å². The summed E-state index contributed by atoms with van der Waals surface area (Å²) in [6.07, 6.45) is 2.29. The molecule has 0 spiro atoms. The van der Waals surface area contributed by atoms with E-state index < -0.39 is 9.84 Å². The van der Waals surface area contributed by atoms with Gasteiger partial charge in [0, 0.05) is 19.0 Å². The molecule has 2 N–H and O–H groups in total. The lowest BCUT2D eigenvalue weighted by molar-refractivity contribution is -0.120. The van der Waals surface area contributed by atoms with Crippen molar-refractivity contribution in [3.8, 4) is 0 Å². The van der Waals surface area contributed by atoms with Crippen molar-refractivity contribution in [2.24, 2.45) is 5.92 Å². The summed E-state index contributed by atoms with van der Waals surface area (Å²) < 4.78 is 23.2. The Balaban J connectivity index is 2.19. The van der Waals surface area contributed by atoms with Crippen LogP contribution in [-0.2, 0) is 14.6 Å². The van der Waals surface area contributed by atoms with Crippen LogP contribution in [0.4, 0.5) is 0 Å². The van der Waals surface area contributed by atoms with Gasteiger partial charge in [0.05, 0.1) is 11.5 Å². The molecule has 0 aromatic rings. The predicted molar refractivity (Wildman–Crippen MR) is 72.1 cm³/mol. The van der Waals surface area contributed by atoms with Crippen LogP contribution in [0.5, 0.6) is 0 Å². The van der Waals surface area contributed by atoms with E-state index in [1.165, 1.54) is 0 Å². The quantitative estimate of drug-likeness (QED) is 0.702. The molecule has 1 rings (SSSR count). The summed E-state index contributed by atoms with van der Waals surface area (Å²) in [5.74, 6) is 0.0521. The molecule has 1 aliphatic rings. The van der Waals surface area contributed by atoms with Crippen LogP contribution in [0.1, 0.15) is 33.1 Å². The molecule has 1 fully saturated rings. The summed E-state index contributed by atoms with van der Waals surface area (Å²) in [7, 11) is -3.09. The number of hydrogen-bond acceptors (Lipinski definition) is 4. The average molecular weight is 276 g/mol. The van der Waals surface area contributed by atoms with Crippen LogP contribution in [0.25, 0.3) is 0 Å². The summed E-state index contributed by atoms with van der Waals surface area (Å²) in [4.78, 5) is 11.5. The van der Waals surface area contributed by atoms with Crippen molar-refractivity contribution < 1.29 is 13.2 Å². The van der Waals surface area contributed by atoms with Gasteiger partial charge in [0.2, 0.25) is 5.91 Å². The third-order valence-electron chi connectivity index (χ3n) is 2.94. The van der Waals surface area contributed by atoms with Crippen molar-refractivity contribution in [2.75, 3.05) is 24.6 Å². The van der Waals surface area contributed by atoms with Crippen molar-refractivity contribution in [1.29, 1.82) is 0 Å². The number of nitrogens with one attached hydrogen (secondary N) is 2. The van der Waals surface area contributed by atoms with Gasteiger partial charge in [-0.1, -0.05) is 13.8 Å². The lowest BCUT2D eigenvalue weighted by atomic mass is 10.2. The fraction of sp³-hybridized carbons (Fsp3) is 0.917. The predicted octanol–water partition coefficient (Wildman–Crippen LogP) is 0.316. The zero-order valence-corrected chi connectivity index (χ0v) is 12.1. The van der Waals surface area contributed by atoms with Gasteiger partial charge in [-0.3, -0.25) is 4.79 Å². The largest absolute Gasteiger partial charge is 0.355 e. The third kappa shape index (κ3) is 6.35. The lowest BCUT2D eigenvalue weighted by Gasteiger charge is -2.11. The minimum Gasteiger partial charge on any atom is -0.355 e. The molecule has 5 nitrogen and oxygen atoms in total. The maximum absolute atomic E-state index is 11.6. The average Bonchev–Trinajstić information content (AvgIpc) is 2.74. The van der Waals surface area contributed by atoms with Gasteiger partial charge >= 0.3 is 0 Å². The van der Waals surface area contributed by atoms with Crippen molar-refractivity contribution in [1.82, 2.24) is 10.6 Å². The molecule has 1 heterocycles. The summed E-state index contributed by atoms with van der Waals surface area (Å²) in [6, 6.07) is 0.348. The SMILES string of the molecule is CC(C)CS(=O)(=O)CCC(=O)NCC1CCCN1. The normalized spacial score (nSPS) is 20.3. The Bertz CT molecular complexity index is 360. The molecule has 6 heteroatoms. The Morgan fingerprint density at radius 1 is 1.44 bits per heavy atom. The summed E-state index contributed by atoms with van der Waals surface area (Å²) in [6.45, 7) is 5.33. The molecule has 1 saturated heterocycles. The zero-order valence-electron chi connectivity index (χ0n) is 11.2. The van der Waals surface area contributed by atoms with Crippen molar-refractivity contribution in [3.05, 3.63) is 0 Å². The molecule has 18 heavy (non-hydrogen) atoms. The Morgan fingerprint density at radius 3 is 2.72 bits per heavy atom. The van der Waals surface area contributed by atoms with Crippen LogP contribution in [-0.4, -0.2) is 45.0 Å². The van der Waals surface area contributed by atoms with E-state index >= 15 is 0 Å². The van der Waals surface area contributed by atoms with Gasteiger partial charge in [-0.15, -0.1) is 0 Å². The second-order valence-electron chi connectivity index (χ2n) is 5.36. The van der Waals surface area contributed by atoms with E-state index in [2.05, 4.69) is 10.6 Å². The lowest BCUT2D eigenvalue weighted by Crippen LogP contribution is -2.37. The Morgan fingerprint density at radius 2 is 2.17 bits per heavy atom. The number of sulfone groups is 1. The number of hydrogen-bond donors (Lipinski definition) is 2. The maximum atomic E-state index is 11.6. The van der Waals surface area contributed by atoms with Gasteiger partial charge in [0.25, 0.3) is 0 Å². The summed E-state index contributed by atoms with van der Waals surface area (Å²) in [5.41, 5.74) is 0. The molecule has 1 atom stereocenters.